The van der Waals surface area contributed by atoms with E-state index in [1.165, 1.54) is 12.3 Å². The first-order valence-corrected chi connectivity index (χ1v) is 10.2. The number of ketones is 1. The van der Waals surface area contributed by atoms with E-state index in [2.05, 4.69) is 0 Å². The zero-order valence-corrected chi connectivity index (χ0v) is 16.0. The smallest absolute Gasteiger partial charge is 0.342 e. The van der Waals surface area contributed by atoms with Crippen LogP contribution in [0.2, 0.25) is 0 Å². The van der Waals surface area contributed by atoms with Gasteiger partial charge in [-0.3, -0.25) is 19.5 Å². The fraction of sp³-hybridized carbons (Fsp3) is 0.389. The van der Waals surface area contributed by atoms with E-state index in [-0.39, 0.29) is 24.5 Å². The van der Waals surface area contributed by atoms with Crippen molar-refractivity contribution in [3.63, 3.8) is 0 Å². The van der Waals surface area contributed by atoms with Crippen molar-refractivity contribution >= 4 is 13.4 Å². The van der Waals surface area contributed by atoms with E-state index < -0.39 is 36.4 Å². The van der Waals surface area contributed by atoms with Gasteiger partial charge in [0.05, 0.1) is 19.5 Å². The van der Waals surface area contributed by atoms with E-state index in [1.807, 2.05) is 0 Å². The molecule has 9 heteroatoms. The van der Waals surface area contributed by atoms with Crippen molar-refractivity contribution in [3.8, 4) is 0 Å². The number of Topliss-reactive ketones (excluding diaryl/α,β-unsaturated/α-hetero) is 1. The molecule has 2 rings (SSSR count). The van der Waals surface area contributed by atoms with Gasteiger partial charge in [-0.2, -0.15) is 0 Å². The van der Waals surface area contributed by atoms with Gasteiger partial charge in [-0.25, -0.2) is 0 Å². The van der Waals surface area contributed by atoms with Gasteiger partial charge in [0.25, 0.3) is 0 Å². The molecule has 1 unspecified atom stereocenters. The number of benzene rings is 1. The molecule has 1 aromatic carbocycles. The van der Waals surface area contributed by atoms with Crippen LogP contribution in [0.5, 0.6) is 0 Å². The van der Waals surface area contributed by atoms with Crippen LogP contribution in [0.25, 0.3) is 0 Å². The van der Waals surface area contributed by atoms with E-state index in [1.54, 1.807) is 50.2 Å². The van der Waals surface area contributed by atoms with Crippen LogP contribution in [0.1, 0.15) is 35.9 Å². The number of rotatable bonds is 11. The number of nitrogens with zero attached hydrogens (tertiary/aromatic N) is 1. The monoisotopic (exact) mass is 395 g/mol. The Hall–Kier alpha value is -2.28. The number of furan rings is 1. The van der Waals surface area contributed by atoms with E-state index in [0.29, 0.717) is 0 Å². The van der Waals surface area contributed by atoms with Gasteiger partial charge >= 0.3 is 7.60 Å². The molecule has 0 saturated carbocycles. The predicted octanol–water partition coefficient (Wildman–Crippen LogP) is 4.16. The Bertz CT molecular complexity index is 781. The second kappa shape index (κ2) is 9.60. The summed E-state index contributed by atoms with van der Waals surface area (Å²) in [5.74, 6) is -1.48. The summed E-state index contributed by atoms with van der Waals surface area (Å²) >= 11 is 0. The third-order valence-corrected chi connectivity index (χ3v) is 6.43. The minimum atomic E-state index is -4.02. The molecular formula is C18H22NO7P. The lowest BCUT2D eigenvalue weighted by Gasteiger charge is -2.29. The van der Waals surface area contributed by atoms with Crippen molar-refractivity contribution in [2.75, 3.05) is 19.8 Å². The maximum absolute atomic E-state index is 13.5. The summed E-state index contributed by atoms with van der Waals surface area (Å²) in [6.45, 7) is 2.63. The summed E-state index contributed by atoms with van der Waals surface area (Å²) in [5, 5.41) is 11.3. The topological polar surface area (TPSA) is 109 Å². The number of nitro groups is 1. The van der Waals surface area contributed by atoms with E-state index >= 15 is 0 Å². The highest BCUT2D eigenvalue weighted by atomic mass is 31.2. The fourth-order valence-electron chi connectivity index (χ4n) is 2.89. The molecule has 1 heterocycles. The minimum Gasteiger partial charge on any atom is -0.469 e. The van der Waals surface area contributed by atoms with Crippen LogP contribution in [-0.4, -0.2) is 36.1 Å². The average molecular weight is 395 g/mol. The first kappa shape index (κ1) is 21.0. The molecular weight excluding hydrogens is 373 g/mol. The summed E-state index contributed by atoms with van der Waals surface area (Å²) in [7, 11) is -4.02. The number of carbonyl (C=O) groups excluding carboxylic acids is 1. The first-order valence-electron chi connectivity index (χ1n) is 8.56. The summed E-state index contributed by atoms with van der Waals surface area (Å²) in [6.07, 6.45) is 1.35. The van der Waals surface area contributed by atoms with Crippen molar-refractivity contribution in [1.82, 2.24) is 0 Å². The van der Waals surface area contributed by atoms with Gasteiger partial charge in [-0.1, -0.05) is 30.3 Å². The van der Waals surface area contributed by atoms with Crippen molar-refractivity contribution in [2.24, 2.45) is 0 Å². The van der Waals surface area contributed by atoms with Crippen molar-refractivity contribution < 1.29 is 27.7 Å². The van der Waals surface area contributed by atoms with Crippen LogP contribution >= 0.6 is 7.60 Å². The van der Waals surface area contributed by atoms with Gasteiger partial charge in [0, 0.05) is 10.5 Å². The number of hydrogen-bond acceptors (Lipinski definition) is 7. The standard InChI is InChI=1S/C18H22NO7P/c1-3-25-27(23,26-4-2)18(17(20)14-9-6-5-7-10-14)15(13-19(21)22)16-11-8-12-24-16/h5-12,15,18H,3-4,13H2,1-2H3/t15-,18?/m1/s1. The maximum atomic E-state index is 13.5. The molecule has 146 valence electrons. The highest BCUT2D eigenvalue weighted by Gasteiger charge is 2.50. The van der Waals surface area contributed by atoms with Crippen LogP contribution in [0, 0.1) is 10.1 Å². The highest BCUT2D eigenvalue weighted by molar-refractivity contribution is 7.56. The molecule has 0 bridgehead atoms. The molecule has 0 N–H and O–H groups in total. The molecule has 0 aliphatic rings. The van der Waals surface area contributed by atoms with Gasteiger partial charge in [-0.05, 0) is 26.0 Å². The molecule has 0 saturated heterocycles. The molecule has 2 atom stereocenters. The van der Waals surface area contributed by atoms with Gasteiger partial charge in [0.2, 0.25) is 6.54 Å². The normalized spacial score (nSPS) is 13.9. The lowest BCUT2D eigenvalue weighted by atomic mass is 9.95. The zero-order chi connectivity index (χ0) is 19.9. The summed E-state index contributed by atoms with van der Waals surface area (Å²) < 4.78 is 29.6. The first-order chi connectivity index (χ1) is 12.9. The molecule has 0 spiro atoms. The number of hydrogen-bond donors (Lipinski definition) is 0. The molecule has 0 aliphatic carbocycles. The van der Waals surface area contributed by atoms with Crippen LogP contribution in [0.4, 0.5) is 0 Å². The Morgan fingerprint density at radius 2 is 1.78 bits per heavy atom. The van der Waals surface area contributed by atoms with Gasteiger partial charge in [0.15, 0.2) is 5.78 Å². The van der Waals surface area contributed by atoms with E-state index in [4.69, 9.17) is 13.5 Å². The molecule has 0 fully saturated rings. The van der Waals surface area contributed by atoms with Gasteiger partial charge in [0.1, 0.15) is 17.3 Å². The molecule has 0 amide bonds. The van der Waals surface area contributed by atoms with Crippen LogP contribution in [0.3, 0.4) is 0 Å². The second-order valence-electron chi connectivity index (χ2n) is 5.69. The number of carbonyl (C=O) groups is 1. The van der Waals surface area contributed by atoms with Crippen molar-refractivity contribution in [2.45, 2.75) is 25.4 Å². The molecule has 2 aromatic rings. The Balaban J connectivity index is 2.60. The highest BCUT2D eigenvalue weighted by Crippen LogP contribution is 2.58. The lowest BCUT2D eigenvalue weighted by molar-refractivity contribution is -0.483. The predicted molar refractivity (Wildman–Crippen MR) is 98.7 cm³/mol. The Kier molecular flexibility index (Phi) is 7.47. The van der Waals surface area contributed by atoms with Gasteiger partial charge < -0.3 is 13.5 Å². The molecule has 1 aromatic heterocycles. The van der Waals surface area contributed by atoms with E-state index in [9.17, 15) is 19.5 Å². The Morgan fingerprint density at radius 1 is 1.15 bits per heavy atom. The van der Waals surface area contributed by atoms with Crippen molar-refractivity contribution in [1.29, 1.82) is 0 Å². The zero-order valence-electron chi connectivity index (χ0n) is 15.1. The largest absolute Gasteiger partial charge is 0.469 e. The van der Waals surface area contributed by atoms with Crippen LogP contribution < -0.4 is 0 Å². The SMILES string of the molecule is CCOP(=O)(OCC)C(C(=O)c1ccccc1)[C@H](C[N+](=O)[O-])c1ccco1. The summed E-state index contributed by atoms with van der Waals surface area (Å²) in [6, 6.07) is 11.2. The lowest BCUT2D eigenvalue weighted by Crippen LogP contribution is -2.34. The van der Waals surface area contributed by atoms with Crippen LogP contribution in [0.15, 0.2) is 53.1 Å². The summed E-state index contributed by atoms with van der Waals surface area (Å²) in [4.78, 5) is 24.0. The van der Waals surface area contributed by atoms with E-state index in [0.717, 1.165) is 0 Å². The minimum absolute atomic E-state index is 0.0270. The Labute approximate surface area is 157 Å². The molecule has 8 nitrogen and oxygen atoms in total. The molecule has 0 aliphatic heterocycles. The summed E-state index contributed by atoms with van der Waals surface area (Å²) in [5.41, 5.74) is -1.14. The van der Waals surface area contributed by atoms with Crippen molar-refractivity contribution in [3.05, 3.63) is 70.2 Å². The molecule has 0 radical (unpaired) electrons. The molecule has 27 heavy (non-hydrogen) atoms. The second-order valence-corrected chi connectivity index (χ2v) is 7.84. The van der Waals surface area contributed by atoms with Gasteiger partial charge in [-0.15, -0.1) is 0 Å². The van der Waals surface area contributed by atoms with Crippen LogP contribution in [-0.2, 0) is 13.6 Å². The third-order valence-electron chi connectivity index (χ3n) is 3.92. The fourth-order valence-corrected chi connectivity index (χ4v) is 5.12. The third kappa shape index (κ3) is 5.13. The average Bonchev–Trinajstić information content (AvgIpc) is 3.16. The maximum Gasteiger partial charge on any atom is 0.342 e. The Morgan fingerprint density at radius 3 is 2.26 bits per heavy atom. The quantitative estimate of drug-likeness (QED) is 0.243.